The minimum absolute atomic E-state index is 0.124. The molecule has 0 saturated carbocycles. The Morgan fingerprint density at radius 1 is 1.16 bits per heavy atom. The van der Waals surface area contributed by atoms with E-state index in [1.54, 1.807) is 12.1 Å². The van der Waals surface area contributed by atoms with Gasteiger partial charge in [0.2, 0.25) is 0 Å². The fourth-order valence-electron chi connectivity index (χ4n) is 4.06. The highest BCUT2D eigenvalue weighted by atomic mass is 19.4. The molecule has 3 aromatic heterocycles. The van der Waals surface area contributed by atoms with Crippen LogP contribution in [0.1, 0.15) is 27.9 Å². The number of hydrogen-bond acceptors (Lipinski definition) is 9. The lowest BCUT2D eigenvalue weighted by Crippen LogP contribution is -2.48. The van der Waals surface area contributed by atoms with Gasteiger partial charge in [0.05, 0.1) is 22.4 Å². The Morgan fingerprint density at radius 3 is 2.54 bits per heavy atom. The third-order valence-electron chi connectivity index (χ3n) is 6.03. The monoisotopic (exact) mass is 512 g/mol. The van der Waals surface area contributed by atoms with Crippen LogP contribution in [0.5, 0.6) is 0 Å². The molecule has 13 heteroatoms. The smallest absolute Gasteiger partial charge is 0.396 e. The largest absolute Gasteiger partial charge is 0.417 e. The lowest BCUT2D eigenvalue weighted by Gasteiger charge is -2.39. The van der Waals surface area contributed by atoms with Crippen LogP contribution >= 0.6 is 0 Å². The number of rotatable bonds is 7. The fourth-order valence-corrected chi connectivity index (χ4v) is 4.06. The highest BCUT2D eigenvalue weighted by Gasteiger charge is 2.31. The molecule has 0 aromatic carbocycles. The third-order valence-corrected chi connectivity index (χ3v) is 6.03. The molecule has 37 heavy (non-hydrogen) atoms. The van der Waals surface area contributed by atoms with Crippen molar-refractivity contribution in [1.29, 1.82) is 5.26 Å². The number of carbonyl (C=O) groups excluding carboxylic acids is 1. The molecule has 0 radical (unpaired) electrons. The molecule has 5 N–H and O–H groups in total. The number of hydrogen-bond donors (Lipinski definition) is 4. The number of nitriles is 1. The normalized spacial score (nSPS) is 17.6. The van der Waals surface area contributed by atoms with Crippen LogP contribution in [0.25, 0.3) is 0 Å². The summed E-state index contributed by atoms with van der Waals surface area (Å²) in [6.45, 7) is 0.942. The van der Waals surface area contributed by atoms with Crippen molar-refractivity contribution in [3.8, 4) is 6.07 Å². The molecule has 10 nitrogen and oxygen atoms in total. The van der Waals surface area contributed by atoms with Gasteiger partial charge in [-0.15, -0.1) is 0 Å². The Labute approximate surface area is 210 Å². The zero-order chi connectivity index (χ0) is 26.6. The number of halogens is 3. The summed E-state index contributed by atoms with van der Waals surface area (Å²) in [6, 6.07) is 8.82. The lowest BCUT2D eigenvalue weighted by atomic mass is 9.92. The Kier molecular flexibility index (Phi) is 7.40. The maximum Gasteiger partial charge on any atom is 0.417 e. The van der Waals surface area contributed by atoms with Crippen molar-refractivity contribution in [2.75, 3.05) is 35.2 Å². The van der Waals surface area contributed by atoms with E-state index < -0.39 is 17.6 Å². The molecule has 3 aromatic rings. The van der Waals surface area contributed by atoms with Crippen molar-refractivity contribution < 1.29 is 23.1 Å². The van der Waals surface area contributed by atoms with E-state index in [1.807, 2.05) is 11.0 Å². The van der Waals surface area contributed by atoms with E-state index in [9.17, 15) is 23.1 Å². The van der Waals surface area contributed by atoms with Crippen molar-refractivity contribution in [2.45, 2.75) is 18.6 Å². The molecule has 0 spiro atoms. The summed E-state index contributed by atoms with van der Waals surface area (Å²) >= 11 is 0. The number of nitrogens with two attached hydrogens (primary N) is 1. The first-order valence-corrected chi connectivity index (χ1v) is 11.3. The van der Waals surface area contributed by atoms with Crippen LogP contribution in [0.2, 0.25) is 0 Å². The van der Waals surface area contributed by atoms with Crippen molar-refractivity contribution >= 4 is 29.0 Å². The first-order chi connectivity index (χ1) is 17.7. The highest BCUT2D eigenvalue weighted by Crippen LogP contribution is 2.30. The van der Waals surface area contributed by atoms with E-state index in [2.05, 4.69) is 25.6 Å². The number of aliphatic hydroxyl groups is 1. The highest BCUT2D eigenvalue weighted by molar-refractivity contribution is 5.98. The Balaban J connectivity index is 1.50. The number of aromatic nitrogens is 3. The summed E-state index contributed by atoms with van der Waals surface area (Å²) in [6.07, 6.45) is -0.443. The van der Waals surface area contributed by atoms with E-state index in [-0.39, 0.29) is 35.8 Å². The number of piperidine rings is 1. The van der Waals surface area contributed by atoms with Gasteiger partial charge in [0.25, 0.3) is 5.91 Å². The minimum atomic E-state index is -4.50. The Morgan fingerprint density at radius 2 is 1.95 bits per heavy atom. The quantitative estimate of drug-likeness (QED) is 0.374. The van der Waals surface area contributed by atoms with Gasteiger partial charge >= 0.3 is 6.18 Å². The van der Waals surface area contributed by atoms with Gasteiger partial charge in [0, 0.05) is 56.3 Å². The van der Waals surface area contributed by atoms with Crippen molar-refractivity contribution in [2.24, 2.45) is 11.7 Å². The van der Waals surface area contributed by atoms with Crippen molar-refractivity contribution in [1.82, 2.24) is 15.0 Å². The zero-order valence-electron chi connectivity index (χ0n) is 19.4. The van der Waals surface area contributed by atoms with E-state index in [0.29, 0.717) is 42.8 Å². The average Bonchev–Trinajstić information content (AvgIpc) is 2.89. The first-order valence-electron chi connectivity index (χ1n) is 11.3. The molecule has 4 heterocycles. The van der Waals surface area contributed by atoms with Crippen LogP contribution in [0.3, 0.4) is 0 Å². The number of carbonyl (C=O) groups is 1. The number of nitrogens with one attached hydrogen (secondary N) is 2. The summed E-state index contributed by atoms with van der Waals surface area (Å²) in [4.78, 5) is 26.2. The molecule has 1 aliphatic rings. The molecule has 0 unspecified atom stereocenters. The molecule has 1 amide bonds. The SMILES string of the molecule is N#Cc1ccc(N2CC[C@@H](Nc3cc(Nc4ccc(C(F)(F)F)cn4)ncc3C(N)=O)[C@@H](CO)C2)nc1. The van der Waals surface area contributed by atoms with Gasteiger partial charge in [-0.25, -0.2) is 15.0 Å². The second-order valence-electron chi connectivity index (χ2n) is 8.48. The minimum Gasteiger partial charge on any atom is -0.396 e. The number of aliphatic hydroxyl groups excluding tert-OH is 1. The van der Waals surface area contributed by atoms with Gasteiger partial charge < -0.3 is 26.4 Å². The molecule has 192 valence electrons. The van der Waals surface area contributed by atoms with Gasteiger partial charge in [0.1, 0.15) is 23.5 Å². The van der Waals surface area contributed by atoms with Gasteiger partial charge in [0.15, 0.2) is 0 Å². The standard InChI is InChI=1S/C24H23F3N8O2/c25-24(26,27)16-2-3-20(30-10-16)34-21-7-19(17(11-31-21)23(29)37)33-18-5-6-35(12-15(18)13-36)22-4-1-14(8-28)9-32-22/h1-4,7,9-11,15,18,36H,5-6,12-13H2,(H2,29,37)(H2,30,31,33,34)/t15-,18-/m1/s1. The molecule has 1 saturated heterocycles. The summed E-state index contributed by atoms with van der Waals surface area (Å²) in [5, 5.41) is 25.1. The van der Waals surface area contributed by atoms with Gasteiger partial charge in [-0.1, -0.05) is 0 Å². The summed E-state index contributed by atoms with van der Waals surface area (Å²) < 4.78 is 38.4. The number of anilines is 4. The predicted molar refractivity (Wildman–Crippen MR) is 129 cm³/mol. The van der Waals surface area contributed by atoms with Crippen LogP contribution in [-0.2, 0) is 6.18 Å². The molecule has 1 fully saturated rings. The third kappa shape index (κ3) is 6.04. The first kappa shape index (κ1) is 25.6. The average molecular weight is 512 g/mol. The molecule has 0 bridgehead atoms. The van der Waals surface area contributed by atoms with Gasteiger partial charge in [-0.3, -0.25) is 4.79 Å². The number of primary amides is 1. The molecule has 2 atom stereocenters. The predicted octanol–water partition coefficient (Wildman–Crippen LogP) is 2.90. The second kappa shape index (κ2) is 10.7. The molecular weight excluding hydrogens is 489 g/mol. The van der Waals surface area contributed by atoms with E-state index in [1.165, 1.54) is 24.5 Å². The van der Waals surface area contributed by atoms with Crippen molar-refractivity contribution in [3.63, 3.8) is 0 Å². The maximum atomic E-state index is 12.8. The maximum absolute atomic E-state index is 12.8. The number of amides is 1. The Bertz CT molecular complexity index is 1290. The summed E-state index contributed by atoms with van der Waals surface area (Å²) in [7, 11) is 0. The zero-order valence-corrected chi connectivity index (χ0v) is 19.4. The van der Waals surface area contributed by atoms with Gasteiger partial charge in [-0.2, -0.15) is 18.4 Å². The van der Waals surface area contributed by atoms with E-state index in [4.69, 9.17) is 11.0 Å². The molecular formula is C24H23F3N8O2. The van der Waals surface area contributed by atoms with Crippen LogP contribution in [0.4, 0.5) is 36.3 Å². The van der Waals surface area contributed by atoms with Crippen LogP contribution < -0.4 is 21.3 Å². The summed E-state index contributed by atoms with van der Waals surface area (Å²) in [5.41, 5.74) is 5.58. The fraction of sp³-hybridized carbons (Fsp3) is 0.292. The summed E-state index contributed by atoms with van der Waals surface area (Å²) in [5.74, 6) is 0.115. The van der Waals surface area contributed by atoms with Crippen molar-refractivity contribution in [3.05, 3.63) is 65.6 Å². The molecule has 4 rings (SSSR count). The van der Waals surface area contributed by atoms with E-state index >= 15 is 0 Å². The number of nitrogens with zero attached hydrogens (tertiary/aromatic N) is 5. The topological polar surface area (TPSA) is 153 Å². The van der Waals surface area contributed by atoms with Gasteiger partial charge in [-0.05, 0) is 30.7 Å². The van der Waals surface area contributed by atoms with Crippen LogP contribution in [0, 0.1) is 17.2 Å². The second-order valence-corrected chi connectivity index (χ2v) is 8.48. The van der Waals surface area contributed by atoms with Crippen LogP contribution in [-0.4, -0.2) is 51.7 Å². The van der Waals surface area contributed by atoms with E-state index in [0.717, 1.165) is 6.07 Å². The number of alkyl halides is 3. The lowest BCUT2D eigenvalue weighted by molar-refractivity contribution is -0.137. The number of pyridine rings is 3. The Hall–Kier alpha value is -4.44. The molecule has 1 aliphatic heterocycles. The molecule has 0 aliphatic carbocycles. The van der Waals surface area contributed by atoms with Crippen LogP contribution in [0.15, 0.2) is 48.9 Å².